The molecule has 1 atom stereocenters. The average Bonchev–Trinajstić information content (AvgIpc) is 2.35. The molecule has 0 spiro atoms. The van der Waals surface area contributed by atoms with Gasteiger partial charge in [0.1, 0.15) is 17.8 Å². The lowest BCUT2D eigenvalue weighted by Gasteiger charge is -2.27. The lowest BCUT2D eigenvalue weighted by molar-refractivity contribution is -0.139. The highest BCUT2D eigenvalue weighted by molar-refractivity contribution is 7.99. The van der Waals surface area contributed by atoms with E-state index in [0.29, 0.717) is 11.4 Å². The van der Waals surface area contributed by atoms with Crippen LogP contribution < -0.4 is 5.73 Å². The van der Waals surface area contributed by atoms with E-state index < -0.39 is 16.8 Å². The minimum absolute atomic E-state index is 0.355. The van der Waals surface area contributed by atoms with Gasteiger partial charge >= 0.3 is 5.97 Å². The van der Waals surface area contributed by atoms with E-state index in [1.165, 1.54) is 11.8 Å². The molecule has 1 rings (SSSR count). The first-order valence-electron chi connectivity index (χ1n) is 5.34. The smallest absolute Gasteiger partial charge is 0.321 e. The topological polar surface area (TPSA) is 100 Å². The summed E-state index contributed by atoms with van der Waals surface area (Å²) < 4.78 is -0.581. The summed E-state index contributed by atoms with van der Waals surface area (Å²) in [6, 6.07) is 4.53. The highest BCUT2D eigenvalue weighted by atomic mass is 32.2. The molecule has 6 heteroatoms. The molecule has 1 aromatic rings. The molecule has 0 amide bonds. The third kappa shape index (κ3) is 3.72. The van der Waals surface area contributed by atoms with Crippen LogP contribution in [0.25, 0.3) is 0 Å². The first-order valence-corrected chi connectivity index (χ1v) is 6.33. The Bertz CT molecular complexity index is 482. The molecule has 3 N–H and O–H groups in total. The van der Waals surface area contributed by atoms with E-state index in [2.05, 4.69) is 4.98 Å². The van der Waals surface area contributed by atoms with Gasteiger partial charge in [0.25, 0.3) is 0 Å². The Morgan fingerprint density at radius 1 is 1.72 bits per heavy atom. The van der Waals surface area contributed by atoms with Crippen molar-refractivity contribution in [3.8, 4) is 6.07 Å². The molecule has 0 radical (unpaired) electrons. The maximum atomic E-state index is 10.9. The van der Waals surface area contributed by atoms with Crippen LogP contribution in [0.3, 0.4) is 0 Å². The Morgan fingerprint density at radius 3 is 2.94 bits per heavy atom. The largest absolute Gasteiger partial charge is 0.480 e. The first-order chi connectivity index (χ1) is 8.36. The van der Waals surface area contributed by atoms with Gasteiger partial charge in [0.15, 0.2) is 0 Å². The van der Waals surface area contributed by atoms with Crippen molar-refractivity contribution in [3.05, 3.63) is 29.6 Å². The molecular weight excluding hydrogens is 250 g/mol. The zero-order valence-corrected chi connectivity index (χ0v) is 11.1. The van der Waals surface area contributed by atoms with Crippen molar-refractivity contribution < 1.29 is 9.90 Å². The Labute approximate surface area is 110 Å². The van der Waals surface area contributed by atoms with Crippen LogP contribution in [0.4, 0.5) is 0 Å². The number of pyridine rings is 1. The maximum absolute atomic E-state index is 10.9. The van der Waals surface area contributed by atoms with Crippen molar-refractivity contribution in [1.29, 1.82) is 5.26 Å². The molecule has 0 fully saturated rings. The minimum Gasteiger partial charge on any atom is -0.480 e. The predicted octanol–water partition coefficient (Wildman–Crippen LogP) is 1.38. The summed E-state index contributed by atoms with van der Waals surface area (Å²) in [6.45, 7) is 3.59. The third-order valence-electron chi connectivity index (χ3n) is 2.56. The number of hydrogen-bond acceptors (Lipinski definition) is 5. The van der Waals surface area contributed by atoms with Crippen LogP contribution in [0.1, 0.15) is 25.1 Å². The summed E-state index contributed by atoms with van der Waals surface area (Å²) in [5, 5.41) is 17.6. The number of nitrogens with zero attached hydrogens (tertiary/aromatic N) is 2. The molecule has 0 saturated heterocycles. The van der Waals surface area contributed by atoms with E-state index in [9.17, 15) is 4.79 Å². The molecule has 0 aromatic carbocycles. The SMILES string of the molecule is CC(C)(SCc1ccnc(C#N)c1)[C@@H](N)C(=O)O. The van der Waals surface area contributed by atoms with Crippen molar-refractivity contribution in [2.24, 2.45) is 5.73 Å². The highest BCUT2D eigenvalue weighted by Crippen LogP contribution is 2.30. The number of nitriles is 1. The number of rotatable bonds is 5. The van der Waals surface area contributed by atoms with Gasteiger partial charge in [-0.1, -0.05) is 0 Å². The van der Waals surface area contributed by atoms with E-state index in [0.717, 1.165) is 5.56 Å². The highest BCUT2D eigenvalue weighted by Gasteiger charge is 2.32. The molecule has 0 aliphatic carbocycles. The Balaban J connectivity index is 2.70. The van der Waals surface area contributed by atoms with E-state index in [-0.39, 0.29) is 0 Å². The summed E-state index contributed by atoms with van der Waals surface area (Å²) in [4.78, 5) is 14.7. The monoisotopic (exact) mass is 265 g/mol. The van der Waals surface area contributed by atoms with E-state index in [1.807, 2.05) is 6.07 Å². The third-order valence-corrected chi connectivity index (χ3v) is 4.04. The summed E-state index contributed by atoms with van der Waals surface area (Å²) in [6.07, 6.45) is 1.57. The standard InChI is InChI=1S/C12H15N3O2S/c1-12(2,10(14)11(16)17)18-7-8-3-4-15-9(5-8)6-13/h3-5,10H,7,14H2,1-2H3,(H,16,17)/t10-/m0/s1. The van der Waals surface area contributed by atoms with E-state index in [4.69, 9.17) is 16.1 Å². The molecule has 1 heterocycles. The normalized spacial score (nSPS) is 12.8. The lowest BCUT2D eigenvalue weighted by atomic mass is 10.1. The zero-order valence-electron chi connectivity index (χ0n) is 10.3. The second kappa shape index (κ2) is 5.85. The fourth-order valence-electron chi connectivity index (χ4n) is 1.28. The summed E-state index contributed by atoms with van der Waals surface area (Å²) in [7, 11) is 0. The van der Waals surface area contributed by atoms with Crippen molar-refractivity contribution in [3.63, 3.8) is 0 Å². The number of carboxylic acids is 1. The van der Waals surface area contributed by atoms with Gasteiger partial charge in [0.05, 0.1) is 0 Å². The predicted molar refractivity (Wildman–Crippen MR) is 69.9 cm³/mol. The number of nitrogens with two attached hydrogens (primary N) is 1. The van der Waals surface area contributed by atoms with Crippen LogP contribution >= 0.6 is 11.8 Å². The zero-order chi connectivity index (χ0) is 13.8. The molecule has 18 heavy (non-hydrogen) atoms. The summed E-state index contributed by atoms with van der Waals surface area (Å²) in [5.74, 6) is -0.425. The molecule has 0 unspecified atom stereocenters. The van der Waals surface area contributed by atoms with Gasteiger partial charge in [-0.15, -0.1) is 11.8 Å². The Kier molecular flexibility index (Phi) is 4.70. The lowest BCUT2D eigenvalue weighted by Crippen LogP contribution is -2.46. The molecule has 0 aliphatic heterocycles. The second-order valence-corrected chi connectivity index (χ2v) is 6.00. The molecule has 1 aromatic heterocycles. The van der Waals surface area contributed by atoms with Gasteiger partial charge in [0.2, 0.25) is 0 Å². The van der Waals surface area contributed by atoms with E-state index >= 15 is 0 Å². The quantitative estimate of drug-likeness (QED) is 0.834. The number of aliphatic carboxylic acids is 1. The van der Waals surface area contributed by atoms with Crippen LogP contribution in [0.5, 0.6) is 0 Å². The van der Waals surface area contributed by atoms with Gasteiger partial charge in [-0.3, -0.25) is 4.79 Å². The van der Waals surface area contributed by atoms with Gasteiger partial charge in [-0.25, -0.2) is 4.98 Å². The number of carbonyl (C=O) groups is 1. The fourth-order valence-corrected chi connectivity index (χ4v) is 2.28. The Hall–Kier alpha value is -1.58. The summed E-state index contributed by atoms with van der Waals surface area (Å²) in [5.41, 5.74) is 6.91. The van der Waals surface area contributed by atoms with Crippen molar-refractivity contribution in [2.75, 3.05) is 0 Å². The fraction of sp³-hybridized carbons (Fsp3) is 0.417. The number of thioether (sulfide) groups is 1. The van der Waals surface area contributed by atoms with Gasteiger partial charge in [-0.05, 0) is 31.5 Å². The van der Waals surface area contributed by atoms with Gasteiger partial charge in [0, 0.05) is 16.7 Å². The maximum Gasteiger partial charge on any atom is 0.321 e. The molecule has 96 valence electrons. The van der Waals surface area contributed by atoms with Crippen LogP contribution in [-0.2, 0) is 10.5 Å². The molecule has 0 aliphatic rings. The molecule has 0 bridgehead atoms. The number of hydrogen-bond donors (Lipinski definition) is 2. The van der Waals surface area contributed by atoms with Crippen LogP contribution in [0, 0.1) is 11.3 Å². The van der Waals surface area contributed by atoms with Gasteiger partial charge < -0.3 is 10.8 Å². The van der Waals surface area contributed by atoms with Crippen molar-refractivity contribution in [2.45, 2.75) is 30.4 Å². The summed E-state index contributed by atoms with van der Waals surface area (Å²) >= 11 is 1.44. The van der Waals surface area contributed by atoms with Crippen molar-refractivity contribution in [1.82, 2.24) is 4.98 Å². The van der Waals surface area contributed by atoms with Gasteiger partial charge in [-0.2, -0.15) is 5.26 Å². The number of carboxylic acid groups (broad SMARTS) is 1. The van der Waals surface area contributed by atoms with Crippen LogP contribution in [-0.4, -0.2) is 26.8 Å². The van der Waals surface area contributed by atoms with Crippen molar-refractivity contribution >= 4 is 17.7 Å². The second-order valence-electron chi connectivity index (χ2n) is 4.37. The molecule has 5 nitrogen and oxygen atoms in total. The average molecular weight is 265 g/mol. The molecular formula is C12H15N3O2S. The number of aromatic nitrogens is 1. The van der Waals surface area contributed by atoms with E-state index in [1.54, 1.807) is 32.2 Å². The Morgan fingerprint density at radius 2 is 2.39 bits per heavy atom. The van der Waals surface area contributed by atoms with Crippen LogP contribution in [0.2, 0.25) is 0 Å². The van der Waals surface area contributed by atoms with Crippen LogP contribution in [0.15, 0.2) is 18.3 Å². The minimum atomic E-state index is -1.01. The first kappa shape index (κ1) is 14.5. The molecule has 0 saturated carbocycles.